The first-order chi connectivity index (χ1) is 18.7. The Labute approximate surface area is 226 Å². The van der Waals surface area contributed by atoms with Crippen molar-refractivity contribution in [1.29, 1.82) is 0 Å². The van der Waals surface area contributed by atoms with Crippen molar-refractivity contribution in [3.8, 4) is 0 Å². The first-order valence-corrected chi connectivity index (χ1v) is 12.3. The van der Waals surface area contributed by atoms with E-state index in [2.05, 4.69) is 5.10 Å². The molecule has 2 aliphatic rings. The lowest BCUT2D eigenvalue weighted by molar-refractivity contribution is -0.221. The Morgan fingerprint density at radius 1 is 1.02 bits per heavy atom. The van der Waals surface area contributed by atoms with Gasteiger partial charge in [-0.3, -0.25) is 5.01 Å². The maximum atomic E-state index is 13.8. The SMILES string of the molecule is C[C@@H](O[C@H]1OCCN(C2=NN(CCN)N(C)N2C)[C@H]1c1ccc(F)cc1)c1cc(C(F)(F)F)cc(C(F)(F)F)c1. The van der Waals surface area contributed by atoms with Crippen molar-refractivity contribution < 1.29 is 40.2 Å². The Morgan fingerprint density at radius 2 is 1.62 bits per heavy atom. The third-order valence-corrected chi connectivity index (χ3v) is 6.69. The molecule has 2 N–H and O–H groups in total. The maximum Gasteiger partial charge on any atom is 0.416 e. The van der Waals surface area contributed by atoms with E-state index in [-0.39, 0.29) is 18.2 Å². The number of morpholine rings is 1. The normalized spacial score (nSPS) is 21.7. The van der Waals surface area contributed by atoms with E-state index in [1.54, 1.807) is 29.3 Å². The van der Waals surface area contributed by atoms with Crippen molar-refractivity contribution in [3.63, 3.8) is 0 Å². The van der Waals surface area contributed by atoms with Crippen LogP contribution in [0.2, 0.25) is 0 Å². The van der Waals surface area contributed by atoms with Crippen LogP contribution in [-0.2, 0) is 21.8 Å². The summed E-state index contributed by atoms with van der Waals surface area (Å²) in [5.74, 6) is -0.0288. The van der Waals surface area contributed by atoms with Crippen LogP contribution in [0.15, 0.2) is 47.6 Å². The molecule has 220 valence electrons. The minimum Gasteiger partial charge on any atom is -0.348 e. The lowest BCUT2D eigenvalue weighted by Crippen LogP contribution is -2.54. The Hall–Kier alpha value is -3.14. The molecule has 1 saturated heterocycles. The monoisotopic (exact) mass is 578 g/mol. The smallest absolute Gasteiger partial charge is 0.348 e. The van der Waals surface area contributed by atoms with Crippen molar-refractivity contribution in [1.82, 2.24) is 20.1 Å². The van der Waals surface area contributed by atoms with Gasteiger partial charge in [-0.15, -0.1) is 10.2 Å². The molecular weight excluding hydrogens is 549 g/mol. The van der Waals surface area contributed by atoms with Gasteiger partial charge in [-0.1, -0.05) is 12.1 Å². The van der Waals surface area contributed by atoms with Gasteiger partial charge in [-0.05, 0) is 48.4 Å². The molecule has 0 saturated carbocycles. The van der Waals surface area contributed by atoms with Gasteiger partial charge in [0.25, 0.3) is 0 Å². The Morgan fingerprint density at radius 3 is 2.17 bits per heavy atom. The summed E-state index contributed by atoms with van der Waals surface area (Å²) in [7, 11) is 3.52. The van der Waals surface area contributed by atoms with Crippen LogP contribution in [0.25, 0.3) is 0 Å². The summed E-state index contributed by atoms with van der Waals surface area (Å²) in [6.45, 7) is 2.49. The van der Waals surface area contributed by atoms with Gasteiger partial charge in [-0.2, -0.15) is 26.3 Å². The lowest BCUT2D eigenvalue weighted by atomic mass is 10.0. The highest BCUT2D eigenvalue weighted by molar-refractivity contribution is 5.80. The van der Waals surface area contributed by atoms with Crippen LogP contribution < -0.4 is 5.73 Å². The van der Waals surface area contributed by atoms with E-state index in [4.69, 9.17) is 15.2 Å². The highest BCUT2D eigenvalue weighted by Crippen LogP contribution is 2.40. The van der Waals surface area contributed by atoms with Crippen molar-refractivity contribution in [3.05, 3.63) is 70.5 Å². The van der Waals surface area contributed by atoms with Gasteiger partial charge in [0.05, 0.1) is 30.4 Å². The van der Waals surface area contributed by atoms with Crippen LogP contribution in [-0.4, -0.2) is 72.7 Å². The number of nitrogens with zero attached hydrogens (tertiary/aromatic N) is 5. The highest BCUT2D eigenvalue weighted by atomic mass is 19.4. The number of ether oxygens (including phenoxy) is 2. The van der Waals surface area contributed by atoms with Crippen LogP contribution in [0.3, 0.4) is 0 Å². The second-order valence-corrected chi connectivity index (χ2v) is 9.34. The second-order valence-electron chi connectivity index (χ2n) is 9.34. The summed E-state index contributed by atoms with van der Waals surface area (Å²) in [6.07, 6.45) is -12.4. The number of benzene rings is 2. The standard InChI is InChI=1S/C25H29F7N6O2/c1-15(17-12-18(24(27,28)29)14-19(13-17)25(30,31)32)40-22-21(16-4-6-20(26)7-5-16)37(10-11-39-22)23-34-38(9-8-33)36(3)35(23)2/h4-7,12-15,21-22H,8-11,33H2,1-3H3/t15-,21+,22-/m1/s1. The molecule has 8 nitrogen and oxygen atoms in total. The molecular formula is C25H29F7N6O2. The molecule has 2 heterocycles. The van der Waals surface area contributed by atoms with Crippen LogP contribution in [0.1, 0.15) is 41.3 Å². The predicted octanol–water partition coefficient (Wildman–Crippen LogP) is 4.58. The van der Waals surface area contributed by atoms with Gasteiger partial charge < -0.3 is 20.1 Å². The number of hydrogen-bond donors (Lipinski definition) is 1. The number of halogens is 7. The molecule has 0 bridgehead atoms. The van der Waals surface area contributed by atoms with Gasteiger partial charge >= 0.3 is 12.4 Å². The number of nitrogens with two attached hydrogens (primary N) is 1. The second kappa shape index (κ2) is 11.4. The summed E-state index contributed by atoms with van der Waals surface area (Å²) in [6, 6.07) is 6.02. The first kappa shape index (κ1) is 29.8. The molecule has 2 aromatic carbocycles. The molecule has 0 radical (unpaired) electrons. The molecule has 3 atom stereocenters. The number of hydrogen-bond acceptors (Lipinski definition) is 8. The van der Waals surface area contributed by atoms with Crippen molar-refractivity contribution in [2.45, 2.75) is 37.7 Å². The Balaban J connectivity index is 1.71. The minimum absolute atomic E-state index is 0.0635. The molecule has 0 spiro atoms. The molecule has 2 aromatic rings. The summed E-state index contributed by atoms with van der Waals surface area (Å²) < 4.78 is 106. The molecule has 15 heteroatoms. The van der Waals surface area contributed by atoms with Crippen molar-refractivity contribution >= 4 is 5.96 Å². The summed E-state index contributed by atoms with van der Waals surface area (Å²) in [4.78, 5) is 1.83. The van der Waals surface area contributed by atoms with Crippen molar-refractivity contribution in [2.75, 3.05) is 40.3 Å². The maximum absolute atomic E-state index is 13.8. The zero-order chi connectivity index (χ0) is 29.4. The van der Waals surface area contributed by atoms with Crippen LogP contribution in [0, 0.1) is 5.82 Å². The van der Waals surface area contributed by atoms with Gasteiger partial charge in [-0.25, -0.2) is 9.51 Å². The topological polar surface area (TPSA) is 69.8 Å². The molecule has 2 aliphatic heterocycles. The first-order valence-electron chi connectivity index (χ1n) is 12.3. The van der Waals surface area contributed by atoms with E-state index in [9.17, 15) is 30.7 Å². The fourth-order valence-electron chi connectivity index (χ4n) is 4.54. The third kappa shape index (κ3) is 6.27. The van der Waals surface area contributed by atoms with E-state index < -0.39 is 47.7 Å². The van der Waals surface area contributed by atoms with Crippen LogP contribution in [0.5, 0.6) is 0 Å². The third-order valence-electron chi connectivity index (χ3n) is 6.69. The Kier molecular flexibility index (Phi) is 8.49. The molecule has 4 rings (SSSR count). The summed E-state index contributed by atoms with van der Waals surface area (Å²) in [5.41, 5.74) is 3.01. The number of alkyl halides is 6. The zero-order valence-electron chi connectivity index (χ0n) is 21.9. The average molecular weight is 579 g/mol. The van der Waals surface area contributed by atoms with Gasteiger partial charge in [0.15, 0.2) is 6.29 Å². The van der Waals surface area contributed by atoms with Gasteiger partial charge in [0.1, 0.15) is 11.9 Å². The average Bonchev–Trinajstić information content (AvgIpc) is 3.16. The fourth-order valence-corrected chi connectivity index (χ4v) is 4.54. The van der Waals surface area contributed by atoms with Gasteiger partial charge in [0, 0.05) is 27.2 Å². The molecule has 0 amide bonds. The van der Waals surface area contributed by atoms with E-state index in [0.29, 0.717) is 43.3 Å². The molecule has 0 aliphatic carbocycles. The minimum atomic E-state index is -5.00. The largest absolute Gasteiger partial charge is 0.416 e. The molecule has 1 fully saturated rings. The molecule has 0 aromatic heterocycles. The van der Waals surface area contributed by atoms with Crippen LogP contribution >= 0.6 is 0 Å². The predicted molar refractivity (Wildman–Crippen MR) is 130 cm³/mol. The highest BCUT2D eigenvalue weighted by Gasteiger charge is 2.42. The number of hydrazine groups is 2. The molecule has 40 heavy (non-hydrogen) atoms. The van der Waals surface area contributed by atoms with E-state index >= 15 is 0 Å². The molecule has 0 unspecified atom stereocenters. The number of guanidine groups is 1. The van der Waals surface area contributed by atoms with E-state index in [1.807, 2.05) is 4.90 Å². The van der Waals surface area contributed by atoms with Crippen molar-refractivity contribution in [2.24, 2.45) is 10.8 Å². The lowest BCUT2D eigenvalue weighted by Gasteiger charge is -2.44. The van der Waals surface area contributed by atoms with Gasteiger partial charge in [0.2, 0.25) is 5.96 Å². The number of hydrazone groups is 1. The quantitative estimate of drug-likeness (QED) is 0.504. The number of rotatable bonds is 6. The van der Waals surface area contributed by atoms with E-state index in [0.717, 1.165) is 0 Å². The summed E-state index contributed by atoms with van der Waals surface area (Å²) in [5, 5.41) is 9.71. The summed E-state index contributed by atoms with van der Waals surface area (Å²) >= 11 is 0. The van der Waals surface area contributed by atoms with Crippen LogP contribution in [0.4, 0.5) is 30.7 Å². The Bertz CT molecular complexity index is 1180. The van der Waals surface area contributed by atoms with E-state index in [1.165, 1.54) is 31.2 Å². The zero-order valence-corrected chi connectivity index (χ0v) is 21.9. The fraction of sp³-hybridized carbons (Fsp3) is 0.480.